The van der Waals surface area contributed by atoms with E-state index in [1.807, 2.05) is 19.1 Å². The van der Waals surface area contributed by atoms with E-state index in [4.69, 9.17) is 4.42 Å². The summed E-state index contributed by atoms with van der Waals surface area (Å²) >= 11 is 5.09. The van der Waals surface area contributed by atoms with Crippen molar-refractivity contribution in [2.75, 3.05) is 0 Å². The lowest BCUT2D eigenvalue weighted by atomic mass is 10.1. The molecule has 2 aromatic rings. The molecule has 2 rings (SSSR count). The first-order chi connectivity index (χ1) is 9.06. The van der Waals surface area contributed by atoms with Crippen molar-refractivity contribution in [3.8, 4) is 0 Å². The summed E-state index contributed by atoms with van der Waals surface area (Å²) in [5.41, 5.74) is 0. The van der Waals surface area contributed by atoms with Crippen LogP contribution in [0.2, 0.25) is 0 Å². The highest BCUT2D eigenvalue weighted by Gasteiger charge is 2.17. The molecule has 0 aliphatic rings. The maximum absolute atomic E-state index is 5.68. The van der Waals surface area contributed by atoms with Crippen molar-refractivity contribution in [2.45, 2.75) is 37.5 Å². The summed E-state index contributed by atoms with van der Waals surface area (Å²) in [5.74, 6) is 1.87. The predicted molar refractivity (Wildman–Crippen MR) is 79.0 cm³/mol. The molecule has 0 bridgehead atoms. The SMILES string of the molecule is CC(C)Cc1nnc(C(C)Sc2ncccc2Br)o1. The normalized spacial score (nSPS) is 12.9. The summed E-state index contributed by atoms with van der Waals surface area (Å²) in [5, 5.41) is 9.21. The zero-order valence-electron chi connectivity index (χ0n) is 11.1. The molecule has 0 aliphatic carbocycles. The van der Waals surface area contributed by atoms with Crippen LogP contribution in [0, 0.1) is 5.92 Å². The summed E-state index contributed by atoms with van der Waals surface area (Å²) in [6.07, 6.45) is 2.59. The average molecular weight is 342 g/mol. The number of thioether (sulfide) groups is 1. The van der Waals surface area contributed by atoms with Gasteiger partial charge >= 0.3 is 0 Å². The van der Waals surface area contributed by atoms with Crippen molar-refractivity contribution in [3.63, 3.8) is 0 Å². The van der Waals surface area contributed by atoms with Crippen LogP contribution in [0.15, 0.2) is 32.2 Å². The number of nitrogens with zero attached hydrogens (tertiary/aromatic N) is 3. The maximum Gasteiger partial charge on any atom is 0.229 e. The molecule has 0 N–H and O–H groups in total. The third kappa shape index (κ3) is 4.04. The number of pyridine rings is 1. The molecule has 0 radical (unpaired) electrons. The Morgan fingerprint density at radius 2 is 2.11 bits per heavy atom. The maximum atomic E-state index is 5.68. The van der Waals surface area contributed by atoms with E-state index in [1.165, 1.54) is 0 Å². The monoisotopic (exact) mass is 341 g/mol. The lowest BCUT2D eigenvalue weighted by Gasteiger charge is -2.07. The highest BCUT2D eigenvalue weighted by atomic mass is 79.9. The predicted octanol–water partition coefficient (Wildman–Crippen LogP) is 4.28. The summed E-state index contributed by atoms with van der Waals surface area (Å²) < 4.78 is 6.66. The minimum absolute atomic E-state index is 0.0830. The molecule has 0 saturated carbocycles. The lowest BCUT2D eigenvalue weighted by molar-refractivity contribution is 0.426. The molecule has 2 heterocycles. The van der Waals surface area contributed by atoms with Gasteiger partial charge in [0.25, 0.3) is 0 Å². The molecule has 0 fully saturated rings. The van der Waals surface area contributed by atoms with Crippen LogP contribution < -0.4 is 0 Å². The Bertz CT molecular complexity index is 544. The van der Waals surface area contributed by atoms with Gasteiger partial charge in [-0.1, -0.05) is 25.6 Å². The second-order valence-electron chi connectivity index (χ2n) is 4.68. The lowest BCUT2D eigenvalue weighted by Crippen LogP contribution is -1.93. The number of aromatic nitrogens is 3. The molecule has 1 unspecified atom stereocenters. The molecule has 4 nitrogen and oxygen atoms in total. The third-order valence-electron chi connectivity index (χ3n) is 2.43. The molecule has 1 atom stereocenters. The van der Waals surface area contributed by atoms with Gasteiger partial charge in [-0.2, -0.15) is 0 Å². The Labute approximate surface area is 125 Å². The van der Waals surface area contributed by atoms with E-state index in [2.05, 4.69) is 45.0 Å². The highest BCUT2D eigenvalue weighted by molar-refractivity contribution is 9.10. The number of halogens is 1. The van der Waals surface area contributed by atoms with E-state index in [0.717, 1.165) is 15.9 Å². The molecule has 0 spiro atoms. The minimum Gasteiger partial charge on any atom is -0.424 e. The van der Waals surface area contributed by atoms with Gasteiger partial charge in [0, 0.05) is 17.1 Å². The van der Waals surface area contributed by atoms with E-state index in [9.17, 15) is 0 Å². The molecule has 0 saturated heterocycles. The van der Waals surface area contributed by atoms with Gasteiger partial charge in [-0.15, -0.1) is 10.2 Å². The molecule has 0 aliphatic heterocycles. The molecular weight excluding hydrogens is 326 g/mol. The van der Waals surface area contributed by atoms with E-state index >= 15 is 0 Å². The summed E-state index contributed by atoms with van der Waals surface area (Å²) in [4.78, 5) is 4.33. The quantitative estimate of drug-likeness (QED) is 0.759. The fourth-order valence-corrected chi connectivity index (χ4v) is 2.91. The van der Waals surface area contributed by atoms with Gasteiger partial charge in [-0.25, -0.2) is 4.98 Å². The Morgan fingerprint density at radius 3 is 2.79 bits per heavy atom. The zero-order chi connectivity index (χ0) is 13.8. The van der Waals surface area contributed by atoms with Gasteiger partial charge in [-0.3, -0.25) is 0 Å². The van der Waals surface area contributed by atoms with Gasteiger partial charge in [0.15, 0.2) is 0 Å². The van der Waals surface area contributed by atoms with E-state index < -0.39 is 0 Å². The van der Waals surface area contributed by atoms with Crippen LogP contribution in [0.3, 0.4) is 0 Å². The van der Waals surface area contributed by atoms with Gasteiger partial charge in [-0.05, 0) is 40.9 Å². The number of hydrogen-bond acceptors (Lipinski definition) is 5. The Balaban J connectivity index is 2.06. The smallest absolute Gasteiger partial charge is 0.229 e. The largest absolute Gasteiger partial charge is 0.424 e. The fourth-order valence-electron chi connectivity index (χ4n) is 1.54. The first kappa shape index (κ1) is 14.5. The molecule has 6 heteroatoms. The number of rotatable bonds is 5. The van der Waals surface area contributed by atoms with Gasteiger partial charge < -0.3 is 4.42 Å². The molecule has 0 aromatic carbocycles. The summed E-state index contributed by atoms with van der Waals surface area (Å²) in [7, 11) is 0. The van der Waals surface area contributed by atoms with Crippen LogP contribution >= 0.6 is 27.7 Å². The van der Waals surface area contributed by atoms with Crippen LogP contribution in [-0.4, -0.2) is 15.2 Å². The van der Waals surface area contributed by atoms with Crippen LogP contribution in [0.25, 0.3) is 0 Å². The average Bonchev–Trinajstić information content (AvgIpc) is 2.79. The van der Waals surface area contributed by atoms with Crippen molar-refractivity contribution in [2.24, 2.45) is 5.92 Å². The molecule has 2 aromatic heterocycles. The van der Waals surface area contributed by atoms with E-state index in [0.29, 0.717) is 17.7 Å². The Hall–Kier alpha value is -0.880. The van der Waals surface area contributed by atoms with E-state index in [1.54, 1.807) is 18.0 Å². The standard InChI is InChI=1S/C13H16BrN3OS/c1-8(2)7-11-16-17-12(18-11)9(3)19-13-10(14)5-4-6-15-13/h4-6,8-9H,7H2,1-3H3. The Morgan fingerprint density at radius 1 is 1.32 bits per heavy atom. The molecule has 19 heavy (non-hydrogen) atoms. The van der Waals surface area contributed by atoms with Gasteiger partial charge in [0.1, 0.15) is 5.03 Å². The van der Waals surface area contributed by atoms with Crippen LogP contribution in [-0.2, 0) is 6.42 Å². The van der Waals surface area contributed by atoms with Crippen molar-refractivity contribution in [3.05, 3.63) is 34.6 Å². The van der Waals surface area contributed by atoms with Crippen LogP contribution in [0.1, 0.15) is 37.8 Å². The minimum atomic E-state index is 0.0830. The number of hydrogen-bond donors (Lipinski definition) is 0. The summed E-state index contributed by atoms with van der Waals surface area (Å²) in [6.45, 7) is 6.30. The van der Waals surface area contributed by atoms with Crippen molar-refractivity contribution in [1.29, 1.82) is 0 Å². The van der Waals surface area contributed by atoms with Crippen molar-refractivity contribution >= 4 is 27.7 Å². The van der Waals surface area contributed by atoms with Crippen molar-refractivity contribution in [1.82, 2.24) is 15.2 Å². The fraction of sp³-hybridized carbons (Fsp3) is 0.462. The third-order valence-corrected chi connectivity index (χ3v) is 4.43. The zero-order valence-corrected chi connectivity index (χ0v) is 13.5. The molecule has 0 amide bonds. The van der Waals surface area contributed by atoms with E-state index in [-0.39, 0.29) is 5.25 Å². The second kappa shape index (κ2) is 6.52. The summed E-state index contributed by atoms with van der Waals surface area (Å²) in [6, 6.07) is 3.87. The molecular formula is C13H16BrN3OS. The second-order valence-corrected chi connectivity index (χ2v) is 6.87. The highest BCUT2D eigenvalue weighted by Crippen LogP contribution is 2.36. The Kier molecular flexibility index (Phi) is 4.99. The van der Waals surface area contributed by atoms with Gasteiger partial charge in [0.05, 0.1) is 5.25 Å². The molecule has 102 valence electrons. The van der Waals surface area contributed by atoms with Crippen molar-refractivity contribution < 1.29 is 4.42 Å². The van der Waals surface area contributed by atoms with Crippen LogP contribution in [0.5, 0.6) is 0 Å². The topological polar surface area (TPSA) is 51.8 Å². The first-order valence-corrected chi connectivity index (χ1v) is 7.83. The van der Waals surface area contributed by atoms with Crippen LogP contribution in [0.4, 0.5) is 0 Å². The first-order valence-electron chi connectivity index (χ1n) is 6.15. The van der Waals surface area contributed by atoms with Gasteiger partial charge in [0.2, 0.25) is 11.8 Å².